The van der Waals surface area contributed by atoms with Crippen LogP contribution in [0.15, 0.2) is 18.2 Å². The number of aromatic carboxylic acids is 1. The lowest BCUT2D eigenvalue weighted by Crippen LogP contribution is -2.31. The Morgan fingerprint density at radius 1 is 1.39 bits per heavy atom. The summed E-state index contributed by atoms with van der Waals surface area (Å²) < 4.78 is 5.73. The number of rotatable bonds is 4. The minimum atomic E-state index is -1.000. The van der Waals surface area contributed by atoms with E-state index < -0.39 is 5.97 Å². The largest absolute Gasteiger partial charge is 0.477 e. The number of aromatic nitrogens is 1. The summed E-state index contributed by atoms with van der Waals surface area (Å²) in [5.41, 5.74) is 0.0712. The first-order chi connectivity index (χ1) is 8.74. The molecule has 1 aromatic rings. The fourth-order valence-corrected chi connectivity index (χ4v) is 2.48. The minimum Gasteiger partial charge on any atom is -0.477 e. The third kappa shape index (κ3) is 2.31. The van der Waals surface area contributed by atoms with Crippen LogP contribution in [0.3, 0.4) is 0 Å². The summed E-state index contributed by atoms with van der Waals surface area (Å²) in [5.74, 6) is 0.295. The third-order valence-electron chi connectivity index (χ3n) is 3.52. The average Bonchev–Trinajstić information content (AvgIpc) is 3.11. The summed E-state index contributed by atoms with van der Waals surface area (Å²) in [7, 11) is 0. The fourth-order valence-electron chi connectivity index (χ4n) is 2.48. The van der Waals surface area contributed by atoms with Gasteiger partial charge in [0.25, 0.3) is 0 Å². The normalized spacial score (nSPS) is 27.1. The zero-order valence-corrected chi connectivity index (χ0v) is 10.0. The van der Waals surface area contributed by atoms with Crippen molar-refractivity contribution >= 4 is 11.8 Å². The SMILES string of the molecule is O=C(O)c1cccc(NC2CCOC2C2CC2)n1. The number of hydrogen-bond acceptors (Lipinski definition) is 4. The van der Waals surface area contributed by atoms with Crippen molar-refractivity contribution in [2.24, 2.45) is 5.92 Å². The molecule has 1 saturated carbocycles. The molecule has 2 fully saturated rings. The van der Waals surface area contributed by atoms with E-state index in [9.17, 15) is 4.79 Å². The van der Waals surface area contributed by atoms with Gasteiger partial charge in [0.2, 0.25) is 0 Å². The zero-order valence-electron chi connectivity index (χ0n) is 10.0. The molecule has 18 heavy (non-hydrogen) atoms. The van der Waals surface area contributed by atoms with Crippen LogP contribution in [0.4, 0.5) is 5.82 Å². The molecular formula is C13H16N2O3. The number of nitrogens with zero attached hydrogens (tertiary/aromatic N) is 1. The van der Waals surface area contributed by atoms with Crippen molar-refractivity contribution in [2.45, 2.75) is 31.4 Å². The van der Waals surface area contributed by atoms with Gasteiger partial charge in [0.05, 0.1) is 12.1 Å². The first kappa shape index (κ1) is 11.5. The van der Waals surface area contributed by atoms with E-state index in [4.69, 9.17) is 9.84 Å². The maximum absolute atomic E-state index is 10.9. The molecule has 0 spiro atoms. The van der Waals surface area contributed by atoms with Crippen LogP contribution >= 0.6 is 0 Å². The Hall–Kier alpha value is -1.62. The number of hydrogen-bond donors (Lipinski definition) is 2. The Morgan fingerprint density at radius 2 is 2.22 bits per heavy atom. The maximum atomic E-state index is 10.9. The standard InChI is InChI=1S/C13H16N2O3/c16-13(17)10-2-1-3-11(15-10)14-9-6-7-18-12(9)8-4-5-8/h1-3,8-9,12H,4-7H2,(H,14,15)(H,16,17). The van der Waals surface area contributed by atoms with E-state index in [0.29, 0.717) is 11.7 Å². The van der Waals surface area contributed by atoms with Crippen LogP contribution in [0.2, 0.25) is 0 Å². The lowest BCUT2D eigenvalue weighted by molar-refractivity contribution is 0.0690. The monoisotopic (exact) mass is 248 g/mol. The van der Waals surface area contributed by atoms with Gasteiger partial charge < -0.3 is 15.2 Å². The second-order valence-electron chi connectivity index (χ2n) is 4.93. The van der Waals surface area contributed by atoms with E-state index in [2.05, 4.69) is 10.3 Å². The van der Waals surface area contributed by atoms with E-state index in [1.807, 2.05) is 0 Å². The molecule has 0 radical (unpaired) electrons. The summed E-state index contributed by atoms with van der Waals surface area (Å²) in [6.07, 6.45) is 3.71. The molecule has 2 unspecified atom stereocenters. The summed E-state index contributed by atoms with van der Waals surface area (Å²) in [6, 6.07) is 5.26. The van der Waals surface area contributed by atoms with Crippen LogP contribution in [-0.2, 0) is 4.74 Å². The highest BCUT2D eigenvalue weighted by atomic mass is 16.5. The van der Waals surface area contributed by atoms with E-state index in [0.717, 1.165) is 13.0 Å². The highest BCUT2D eigenvalue weighted by Crippen LogP contribution is 2.39. The summed E-state index contributed by atoms with van der Waals surface area (Å²) in [4.78, 5) is 14.9. The molecular weight excluding hydrogens is 232 g/mol. The van der Waals surface area contributed by atoms with Gasteiger partial charge in [-0.2, -0.15) is 0 Å². The number of carbonyl (C=O) groups is 1. The Kier molecular flexibility index (Phi) is 2.91. The van der Waals surface area contributed by atoms with Crippen molar-refractivity contribution in [2.75, 3.05) is 11.9 Å². The van der Waals surface area contributed by atoms with Crippen molar-refractivity contribution < 1.29 is 14.6 Å². The maximum Gasteiger partial charge on any atom is 0.354 e. The third-order valence-corrected chi connectivity index (χ3v) is 3.52. The van der Waals surface area contributed by atoms with Gasteiger partial charge in [-0.3, -0.25) is 0 Å². The summed E-state index contributed by atoms with van der Waals surface area (Å²) >= 11 is 0. The van der Waals surface area contributed by atoms with Gasteiger partial charge >= 0.3 is 5.97 Å². The molecule has 5 nitrogen and oxygen atoms in total. The molecule has 0 bridgehead atoms. The van der Waals surface area contributed by atoms with Crippen LogP contribution in [0, 0.1) is 5.92 Å². The van der Waals surface area contributed by atoms with Gasteiger partial charge in [-0.15, -0.1) is 0 Å². The Morgan fingerprint density at radius 3 is 2.94 bits per heavy atom. The molecule has 3 rings (SSSR count). The molecule has 0 amide bonds. The van der Waals surface area contributed by atoms with Gasteiger partial charge in [0.15, 0.2) is 5.69 Å². The molecule has 1 aliphatic heterocycles. The second kappa shape index (κ2) is 4.57. The summed E-state index contributed by atoms with van der Waals surface area (Å²) in [5, 5.41) is 12.2. The number of pyridine rings is 1. The molecule has 1 aromatic heterocycles. The van der Waals surface area contributed by atoms with Gasteiger partial charge in [-0.05, 0) is 37.3 Å². The second-order valence-corrected chi connectivity index (χ2v) is 4.93. The number of anilines is 1. The predicted molar refractivity (Wildman–Crippen MR) is 65.7 cm³/mol. The van der Waals surface area contributed by atoms with Crippen molar-refractivity contribution in [3.8, 4) is 0 Å². The molecule has 96 valence electrons. The van der Waals surface area contributed by atoms with Crippen LogP contribution < -0.4 is 5.32 Å². The molecule has 2 atom stereocenters. The number of carboxylic acids is 1. The molecule has 0 aromatic carbocycles. The van der Waals surface area contributed by atoms with Gasteiger partial charge in [0.1, 0.15) is 5.82 Å². The van der Waals surface area contributed by atoms with E-state index in [-0.39, 0.29) is 17.8 Å². The average molecular weight is 248 g/mol. The highest BCUT2D eigenvalue weighted by Gasteiger charge is 2.40. The Balaban J connectivity index is 1.71. The van der Waals surface area contributed by atoms with E-state index in [1.54, 1.807) is 12.1 Å². The van der Waals surface area contributed by atoms with Gasteiger partial charge in [-0.1, -0.05) is 6.07 Å². The lowest BCUT2D eigenvalue weighted by Gasteiger charge is -2.20. The van der Waals surface area contributed by atoms with E-state index >= 15 is 0 Å². The van der Waals surface area contributed by atoms with Gasteiger partial charge in [-0.25, -0.2) is 9.78 Å². The summed E-state index contributed by atoms with van der Waals surface area (Å²) in [6.45, 7) is 0.775. The lowest BCUT2D eigenvalue weighted by atomic mass is 10.1. The van der Waals surface area contributed by atoms with Crippen LogP contribution in [0.5, 0.6) is 0 Å². The van der Waals surface area contributed by atoms with Gasteiger partial charge in [0, 0.05) is 6.61 Å². The van der Waals surface area contributed by atoms with Crippen molar-refractivity contribution in [3.63, 3.8) is 0 Å². The smallest absolute Gasteiger partial charge is 0.354 e. The van der Waals surface area contributed by atoms with Crippen LogP contribution in [-0.4, -0.2) is 34.8 Å². The van der Waals surface area contributed by atoms with Crippen LogP contribution in [0.25, 0.3) is 0 Å². The van der Waals surface area contributed by atoms with E-state index in [1.165, 1.54) is 18.9 Å². The van der Waals surface area contributed by atoms with Crippen LogP contribution in [0.1, 0.15) is 29.8 Å². The van der Waals surface area contributed by atoms with Crippen molar-refractivity contribution in [1.82, 2.24) is 4.98 Å². The Bertz CT molecular complexity index is 459. The molecule has 2 heterocycles. The molecule has 2 N–H and O–H groups in total. The van der Waals surface area contributed by atoms with Crippen molar-refractivity contribution in [1.29, 1.82) is 0 Å². The minimum absolute atomic E-state index is 0.0712. The molecule has 1 saturated heterocycles. The van der Waals surface area contributed by atoms with Crippen molar-refractivity contribution in [3.05, 3.63) is 23.9 Å². The zero-order chi connectivity index (χ0) is 12.5. The topological polar surface area (TPSA) is 71.5 Å². The number of nitrogens with one attached hydrogen (secondary N) is 1. The first-order valence-electron chi connectivity index (χ1n) is 6.32. The fraction of sp³-hybridized carbons (Fsp3) is 0.538. The molecule has 2 aliphatic rings. The molecule has 5 heteroatoms. The molecule has 1 aliphatic carbocycles. The predicted octanol–water partition coefficient (Wildman–Crippen LogP) is 1.76. The first-order valence-corrected chi connectivity index (χ1v) is 6.32. The quantitative estimate of drug-likeness (QED) is 0.849. The number of ether oxygens (including phenoxy) is 1. The number of carboxylic acid groups (broad SMARTS) is 1. The Labute approximate surface area is 105 Å². The highest BCUT2D eigenvalue weighted by molar-refractivity contribution is 5.85.